The van der Waals surface area contributed by atoms with Crippen LogP contribution >= 0.6 is 0 Å². The van der Waals surface area contributed by atoms with Crippen LogP contribution in [0.2, 0.25) is 0 Å². The molecule has 2 aromatic carbocycles. The van der Waals surface area contributed by atoms with Crippen LogP contribution in [0.25, 0.3) is 0 Å². The van der Waals surface area contributed by atoms with Crippen LogP contribution < -0.4 is 5.32 Å². The standard InChI is InChI=1S/C18H22N2O/c1-19-11-17-10-15-6-2-3-7-16(15)13-20(17)12-14-5-4-8-18(21)9-14/h2-9,17,19,21H,10-13H2,1H3. The monoisotopic (exact) mass is 282 g/mol. The second-order valence-electron chi connectivity index (χ2n) is 5.76. The summed E-state index contributed by atoms with van der Waals surface area (Å²) < 4.78 is 0. The number of phenols is 1. The Bertz CT molecular complexity index is 612. The Kier molecular flexibility index (Phi) is 4.23. The first-order valence-electron chi connectivity index (χ1n) is 7.49. The molecule has 0 saturated heterocycles. The Morgan fingerprint density at radius 1 is 1.14 bits per heavy atom. The molecule has 2 aromatic rings. The topological polar surface area (TPSA) is 35.5 Å². The van der Waals surface area contributed by atoms with Gasteiger partial charge in [0.25, 0.3) is 0 Å². The van der Waals surface area contributed by atoms with E-state index in [1.165, 1.54) is 11.1 Å². The van der Waals surface area contributed by atoms with Gasteiger partial charge in [-0.3, -0.25) is 4.90 Å². The molecule has 21 heavy (non-hydrogen) atoms. The molecule has 0 amide bonds. The Labute approximate surface area is 126 Å². The molecule has 3 nitrogen and oxygen atoms in total. The molecule has 0 aliphatic carbocycles. The van der Waals surface area contributed by atoms with Crippen molar-refractivity contribution in [3.05, 3.63) is 65.2 Å². The Hall–Kier alpha value is -1.84. The van der Waals surface area contributed by atoms with Crippen LogP contribution in [0.5, 0.6) is 5.75 Å². The van der Waals surface area contributed by atoms with Gasteiger partial charge in [-0.15, -0.1) is 0 Å². The van der Waals surface area contributed by atoms with Crippen LogP contribution in [-0.2, 0) is 19.5 Å². The molecule has 0 aromatic heterocycles. The molecule has 0 radical (unpaired) electrons. The molecule has 2 N–H and O–H groups in total. The highest BCUT2D eigenvalue weighted by molar-refractivity contribution is 5.31. The smallest absolute Gasteiger partial charge is 0.115 e. The lowest BCUT2D eigenvalue weighted by Crippen LogP contribution is -2.45. The molecular weight excluding hydrogens is 260 g/mol. The summed E-state index contributed by atoms with van der Waals surface area (Å²) in [4.78, 5) is 2.49. The van der Waals surface area contributed by atoms with Gasteiger partial charge in [0.15, 0.2) is 0 Å². The average molecular weight is 282 g/mol. The van der Waals surface area contributed by atoms with Crippen molar-refractivity contribution < 1.29 is 5.11 Å². The number of hydrogen-bond acceptors (Lipinski definition) is 3. The number of phenolic OH excluding ortho intramolecular Hbond substituents is 1. The lowest BCUT2D eigenvalue weighted by molar-refractivity contribution is 0.161. The van der Waals surface area contributed by atoms with Gasteiger partial charge in [-0.05, 0) is 42.3 Å². The minimum atomic E-state index is 0.343. The first kappa shape index (κ1) is 14.1. The molecule has 3 rings (SSSR count). The number of likely N-dealkylation sites (N-methyl/N-ethyl adjacent to an activating group) is 1. The minimum Gasteiger partial charge on any atom is -0.508 e. The molecule has 1 aliphatic heterocycles. The fourth-order valence-corrected chi connectivity index (χ4v) is 3.15. The molecule has 0 spiro atoms. The third-order valence-corrected chi connectivity index (χ3v) is 4.20. The van der Waals surface area contributed by atoms with Crippen LogP contribution in [0.3, 0.4) is 0 Å². The zero-order chi connectivity index (χ0) is 14.7. The van der Waals surface area contributed by atoms with Crippen molar-refractivity contribution in [3.8, 4) is 5.75 Å². The molecule has 1 heterocycles. The highest BCUT2D eigenvalue weighted by Gasteiger charge is 2.25. The maximum atomic E-state index is 9.64. The second kappa shape index (κ2) is 6.29. The zero-order valence-electron chi connectivity index (χ0n) is 12.4. The second-order valence-corrected chi connectivity index (χ2v) is 5.76. The maximum absolute atomic E-state index is 9.64. The predicted octanol–water partition coefficient (Wildman–Crippen LogP) is 2.54. The summed E-state index contributed by atoms with van der Waals surface area (Å²) in [5.41, 5.74) is 4.05. The maximum Gasteiger partial charge on any atom is 0.115 e. The number of hydrogen-bond donors (Lipinski definition) is 2. The molecule has 3 heteroatoms. The van der Waals surface area contributed by atoms with Gasteiger partial charge in [-0.25, -0.2) is 0 Å². The van der Waals surface area contributed by atoms with E-state index in [-0.39, 0.29) is 0 Å². The number of fused-ring (bicyclic) bond motifs is 1. The molecule has 0 saturated carbocycles. The first-order valence-corrected chi connectivity index (χ1v) is 7.49. The SMILES string of the molecule is CNCC1Cc2ccccc2CN1Cc1cccc(O)c1. The number of benzene rings is 2. The van der Waals surface area contributed by atoms with Crippen LogP contribution in [0.4, 0.5) is 0 Å². The predicted molar refractivity (Wildman–Crippen MR) is 85.2 cm³/mol. The van der Waals surface area contributed by atoms with Gasteiger partial charge in [0.05, 0.1) is 0 Å². The molecule has 1 atom stereocenters. The normalized spacial score (nSPS) is 18.4. The van der Waals surface area contributed by atoms with E-state index in [0.717, 1.165) is 31.6 Å². The average Bonchev–Trinajstić information content (AvgIpc) is 2.48. The van der Waals surface area contributed by atoms with Gasteiger partial charge in [-0.2, -0.15) is 0 Å². The van der Waals surface area contributed by atoms with Crippen molar-refractivity contribution in [2.24, 2.45) is 0 Å². The van der Waals surface area contributed by atoms with Gasteiger partial charge < -0.3 is 10.4 Å². The summed E-state index contributed by atoms with van der Waals surface area (Å²) in [6, 6.07) is 16.8. The summed E-state index contributed by atoms with van der Waals surface area (Å²) in [5.74, 6) is 0.343. The summed E-state index contributed by atoms with van der Waals surface area (Å²) in [7, 11) is 2.01. The van der Waals surface area contributed by atoms with E-state index < -0.39 is 0 Å². The van der Waals surface area contributed by atoms with Gasteiger partial charge >= 0.3 is 0 Å². The fraction of sp³-hybridized carbons (Fsp3) is 0.333. The number of aromatic hydroxyl groups is 1. The molecule has 1 aliphatic rings. The van der Waals surface area contributed by atoms with E-state index in [4.69, 9.17) is 0 Å². The van der Waals surface area contributed by atoms with E-state index in [9.17, 15) is 5.11 Å². The minimum absolute atomic E-state index is 0.343. The largest absolute Gasteiger partial charge is 0.508 e. The molecule has 1 unspecified atom stereocenters. The van der Waals surface area contributed by atoms with Crippen LogP contribution in [0.1, 0.15) is 16.7 Å². The highest BCUT2D eigenvalue weighted by Crippen LogP contribution is 2.25. The van der Waals surface area contributed by atoms with Gasteiger partial charge in [0.1, 0.15) is 5.75 Å². The Morgan fingerprint density at radius 2 is 1.95 bits per heavy atom. The molecule has 110 valence electrons. The van der Waals surface area contributed by atoms with Crippen molar-refractivity contribution in [3.63, 3.8) is 0 Å². The first-order chi connectivity index (χ1) is 10.3. The summed E-state index contributed by atoms with van der Waals surface area (Å²) in [6.07, 6.45) is 1.08. The van der Waals surface area contributed by atoms with Crippen LogP contribution in [0.15, 0.2) is 48.5 Å². The zero-order valence-corrected chi connectivity index (χ0v) is 12.4. The molecule has 0 fully saturated rings. The van der Waals surface area contributed by atoms with Gasteiger partial charge in [0.2, 0.25) is 0 Å². The quantitative estimate of drug-likeness (QED) is 0.904. The van der Waals surface area contributed by atoms with Crippen molar-refractivity contribution in [2.45, 2.75) is 25.6 Å². The summed E-state index contributed by atoms with van der Waals surface area (Å²) in [6.45, 7) is 2.82. The van der Waals surface area contributed by atoms with E-state index in [0.29, 0.717) is 11.8 Å². The van der Waals surface area contributed by atoms with Gasteiger partial charge in [0, 0.05) is 25.7 Å². The van der Waals surface area contributed by atoms with Crippen molar-refractivity contribution >= 4 is 0 Å². The lowest BCUT2D eigenvalue weighted by Gasteiger charge is -2.37. The summed E-state index contributed by atoms with van der Waals surface area (Å²) in [5, 5.41) is 12.9. The number of nitrogens with one attached hydrogen (secondary N) is 1. The lowest BCUT2D eigenvalue weighted by atomic mass is 9.93. The van der Waals surface area contributed by atoms with Gasteiger partial charge in [-0.1, -0.05) is 36.4 Å². The molecule has 0 bridgehead atoms. The van der Waals surface area contributed by atoms with E-state index in [1.807, 2.05) is 19.2 Å². The van der Waals surface area contributed by atoms with Crippen molar-refractivity contribution in [2.75, 3.05) is 13.6 Å². The van der Waals surface area contributed by atoms with Crippen LogP contribution in [0, 0.1) is 0 Å². The Balaban J connectivity index is 1.82. The molecular formula is C18H22N2O. The van der Waals surface area contributed by atoms with Crippen molar-refractivity contribution in [1.29, 1.82) is 0 Å². The van der Waals surface area contributed by atoms with E-state index in [1.54, 1.807) is 6.07 Å². The highest BCUT2D eigenvalue weighted by atomic mass is 16.3. The number of nitrogens with zero attached hydrogens (tertiary/aromatic N) is 1. The van der Waals surface area contributed by atoms with Crippen LogP contribution in [-0.4, -0.2) is 29.6 Å². The summed E-state index contributed by atoms with van der Waals surface area (Å²) >= 11 is 0. The fourth-order valence-electron chi connectivity index (χ4n) is 3.15. The Morgan fingerprint density at radius 3 is 2.71 bits per heavy atom. The third-order valence-electron chi connectivity index (χ3n) is 4.20. The van der Waals surface area contributed by atoms with Crippen molar-refractivity contribution in [1.82, 2.24) is 10.2 Å². The third kappa shape index (κ3) is 3.26. The number of rotatable bonds is 4. The van der Waals surface area contributed by atoms with E-state index >= 15 is 0 Å². The van der Waals surface area contributed by atoms with E-state index in [2.05, 4.69) is 40.5 Å².